The van der Waals surface area contributed by atoms with Crippen LogP contribution in [0.2, 0.25) is 0 Å². The number of hydrogen-bond donors (Lipinski definition) is 2. The van der Waals surface area contributed by atoms with Gasteiger partial charge in [-0.15, -0.1) is 0 Å². The summed E-state index contributed by atoms with van der Waals surface area (Å²) in [6, 6.07) is 1.44. The summed E-state index contributed by atoms with van der Waals surface area (Å²) in [6.45, 7) is 3.93. The van der Waals surface area contributed by atoms with Gasteiger partial charge in [-0.2, -0.15) is 13.2 Å². The van der Waals surface area contributed by atoms with E-state index in [1.165, 1.54) is 6.07 Å². The number of aliphatic hydroxyl groups is 1. The number of anilines is 2. The number of hydrogen-bond acceptors (Lipinski definition) is 5. The summed E-state index contributed by atoms with van der Waals surface area (Å²) >= 11 is 0. The lowest BCUT2D eigenvalue weighted by molar-refractivity contribution is -0.120. The van der Waals surface area contributed by atoms with E-state index in [9.17, 15) is 13.2 Å². The monoisotopic (exact) mass is 306 g/mol. The van der Waals surface area contributed by atoms with Gasteiger partial charge in [0.25, 0.3) is 0 Å². The summed E-state index contributed by atoms with van der Waals surface area (Å²) in [5.74, 6) is 1.02. The quantitative estimate of drug-likeness (QED) is 0.873. The van der Waals surface area contributed by atoms with Gasteiger partial charge >= 0.3 is 6.18 Å². The van der Waals surface area contributed by atoms with Crippen LogP contribution in [-0.2, 0) is 5.41 Å². The molecule has 0 radical (unpaired) electrons. The molecule has 120 valence electrons. The second kappa shape index (κ2) is 6.46. The van der Waals surface area contributed by atoms with Crippen LogP contribution in [-0.4, -0.2) is 48.0 Å². The molecular formula is C13H21F3N4O. The summed E-state index contributed by atoms with van der Waals surface area (Å²) in [6.07, 6.45) is -4.37. The second-order valence-electron chi connectivity index (χ2n) is 5.70. The van der Waals surface area contributed by atoms with Gasteiger partial charge < -0.3 is 15.3 Å². The molecule has 5 nitrogen and oxygen atoms in total. The Hall–Kier alpha value is -1.57. The van der Waals surface area contributed by atoms with Crippen LogP contribution in [0, 0.1) is 0 Å². The molecule has 21 heavy (non-hydrogen) atoms. The van der Waals surface area contributed by atoms with Crippen molar-refractivity contribution in [2.75, 3.05) is 37.0 Å². The van der Waals surface area contributed by atoms with Crippen LogP contribution >= 0.6 is 0 Å². The molecule has 0 bridgehead atoms. The summed E-state index contributed by atoms with van der Waals surface area (Å²) < 4.78 is 37.9. The van der Waals surface area contributed by atoms with Crippen molar-refractivity contribution in [2.24, 2.45) is 0 Å². The number of rotatable bonds is 5. The first kappa shape index (κ1) is 17.5. The van der Waals surface area contributed by atoms with Crippen molar-refractivity contribution in [3.05, 3.63) is 11.9 Å². The molecule has 0 atom stereocenters. The van der Waals surface area contributed by atoms with E-state index in [0.717, 1.165) is 4.90 Å². The Labute approximate surface area is 122 Å². The Morgan fingerprint density at radius 1 is 1.24 bits per heavy atom. The third-order valence-electron chi connectivity index (χ3n) is 2.70. The topological polar surface area (TPSA) is 61.3 Å². The number of halogens is 3. The van der Waals surface area contributed by atoms with Crippen LogP contribution in [0.15, 0.2) is 6.07 Å². The van der Waals surface area contributed by atoms with Gasteiger partial charge in [0.15, 0.2) is 0 Å². The Bertz CT molecular complexity index is 471. The van der Waals surface area contributed by atoms with Crippen LogP contribution in [0.25, 0.3) is 0 Å². The van der Waals surface area contributed by atoms with Crippen LogP contribution < -0.4 is 10.2 Å². The number of nitrogens with zero attached hydrogens (tertiary/aromatic N) is 3. The standard InChI is InChI=1S/C13H21F3N4O/c1-12(2,3)11-18-9(17-4)7-10(19-11)20(5-6-21)8-13(14,15)16/h7,21H,5-6,8H2,1-4H3,(H,17,18,19). The van der Waals surface area contributed by atoms with E-state index in [0.29, 0.717) is 11.6 Å². The van der Waals surface area contributed by atoms with Crippen LogP contribution in [0.1, 0.15) is 26.6 Å². The molecule has 1 rings (SSSR count). The van der Waals surface area contributed by atoms with Crippen molar-refractivity contribution in [3.63, 3.8) is 0 Å². The molecule has 0 amide bonds. The fraction of sp³-hybridized carbons (Fsp3) is 0.692. The predicted octanol–water partition coefficient (Wildman–Crippen LogP) is 2.18. The molecule has 0 saturated heterocycles. The van der Waals surface area contributed by atoms with E-state index in [2.05, 4.69) is 15.3 Å². The van der Waals surface area contributed by atoms with Crippen LogP contribution in [0.5, 0.6) is 0 Å². The maximum Gasteiger partial charge on any atom is 0.405 e. The molecule has 0 aliphatic heterocycles. The zero-order chi connectivity index (χ0) is 16.3. The van der Waals surface area contributed by atoms with E-state index in [1.807, 2.05) is 20.8 Å². The minimum Gasteiger partial charge on any atom is -0.395 e. The van der Waals surface area contributed by atoms with Crippen LogP contribution in [0.4, 0.5) is 24.8 Å². The highest BCUT2D eigenvalue weighted by Crippen LogP contribution is 2.26. The number of alkyl halides is 3. The average molecular weight is 306 g/mol. The molecule has 8 heteroatoms. The molecule has 0 unspecified atom stereocenters. The maximum absolute atomic E-state index is 12.6. The van der Waals surface area contributed by atoms with E-state index in [-0.39, 0.29) is 19.0 Å². The first-order valence-corrected chi connectivity index (χ1v) is 6.56. The van der Waals surface area contributed by atoms with Gasteiger partial charge in [0, 0.05) is 25.1 Å². The van der Waals surface area contributed by atoms with Gasteiger partial charge in [-0.25, -0.2) is 9.97 Å². The molecule has 0 fully saturated rings. The van der Waals surface area contributed by atoms with Crippen molar-refractivity contribution in [3.8, 4) is 0 Å². The van der Waals surface area contributed by atoms with Gasteiger partial charge in [0.1, 0.15) is 24.0 Å². The highest BCUT2D eigenvalue weighted by atomic mass is 19.4. The largest absolute Gasteiger partial charge is 0.405 e. The SMILES string of the molecule is CNc1cc(N(CCO)CC(F)(F)F)nc(C(C)(C)C)n1. The zero-order valence-electron chi connectivity index (χ0n) is 12.6. The van der Waals surface area contributed by atoms with E-state index in [1.54, 1.807) is 7.05 Å². The normalized spacial score (nSPS) is 12.4. The van der Waals surface area contributed by atoms with Crippen molar-refractivity contribution in [1.29, 1.82) is 0 Å². The van der Waals surface area contributed by atoms with E-state index < -0.39 is 18.1 Å². The lowest BCUT2D eigenvalue weighted by atomic mass is 9.96. The minimum absolute atomic E-state index is 0.144. The maximum atomic E-state index is 12.6. The molecule has 0 aliphatic rings. The molecule has 0 aromatic carbocycles. The zero-order valence-corrected chi connectivity index (χ0v) is 12.6. The third kappa shape index (κ3) is 5.37. The third-order valence-corrected chi connectivity index (χ3v) is 2.70. The molecule has 1 heterocycles. The van der Waals surface area contributed by atoms with Crippen LogP contribution in [0.3, 0.4) is 0 Å². The highest BCUT2D eigenvalue weighted by molar-refractivity contribution is 5.50. The molecule has 2 N–H and O–H groups in total. The van der Waals surface area contributed by atoms with E-state index >= 15 is 0 Å². The predicted molar refractivity (Wildman–Crippen MR) is 75.6 cm³/mol. The number of aromatic nitrogens is 2. The number of nitrogens with one attached hydrogen (secondary N) is 1. The molecular weight excluding hydrogens is 285 g/mol. The first-order valence-electron chi connectivity index (χ1n) is 6.56. The number of aliphatic hydroxyl groups excluding tert-OH is 1. The van der Waals surface area contributed by atoms with Gasteiger partial charge in [0.2, 0.25) is 0 Å². The summed E-state index contributed by atoms with van der Waals surface area (Å²) in [7, 11) is 1.64. The molecule has 0 saturated carbocycles. The fourth-order valence-electron chi connectivity index (χ4n) is 1.67. The Balaban J connectivity index is 3.23. The van der Waals surface area contributed by atoms with Crippen molar-refractivity contribution in [1.82, 2.24) is 9.97 Å². The minimum atomic E-state index is -4.37. The second-order valence-corrected chi connectivity index (χ2v) is 5.70. The van der Waals surface area contributed by atoms with Crippen molar-refractivity contribution < 1.29 is 18.3 Å². The molecule has 0 spiro atoms. The van der Waals surface area contributed by atoms with E-state index in [4.69, 9.17) is 5.11 Å². The van der Waals surface area contributed by atoms with Crippen molar-refractivity contribution in [2.45, 2.75) is 32.4 Å². The molecule has 1 aromatic rings. The summed E-state index contributed by atoms with van der Waals surface area (Å²) in [5, 5.41) is 11.8. The lowest BCUT2D eigenvalue weighted by Gasteiger charge is -2.26. The Morgan fingerprint density at radius 2 is 1.86 bits per heavy atom. The Kier molecular flexibility index (Phi) is 5.38. The molecule has 1 aromatic heterocycles. The van der Waals surface area contributed by atoms with Gasteiger partial charge in [0.05, 0.1) is 6.61 Å². The average Bonchev–Trinajstić information content (AvgIpc) is 2.35. The molecule has 0 aliphatic carbocycles. The Morgan fingerprint density at radius 3 is 2.29 bits per heavy atom. The van der Waals surface area contributed by atoms with Gasteiger partial charge in [-0.3, -0.25) is 0 Å². The highest BCUT2D eigenvalue weighted by Gasteiger charge is 2.32. The summed E-state index contributed by atoms with van der Waals surface area (Å²) in [4.78, 5) is 9.49. The van der Waals surface area contributed by atoms with Gasteiger partial charge in [-0.1, -0.05) is 20.8 Å². The first-order chi connectivity index (χ1) is 9.56. The summed E-state index contributed by atoms with van der Waals surface area (Å²) in [5.41, 5.74) is -0.398. The smallest absolute Gasteiger partial charge is 0.395 e. The van der Waals surface area contributed by atoms with Crippen molar-refractivity contribution >= 4 is 11.6 Å². The fourth-order valence-corrected chi connectivity index (χ4v) is 1.67. The lowest BCUT2D eigenvalue weighted by Crippen LogP contribution is -2.37. The van der Waals surface area contributed by atoms with Gasteiger partial charge in [-0.05, 0) is 0 Å².